The van der Waals surface area contributed by atoms with Crippen LogP contribution in [-0.2, 0) is 6.54 Å². The van der Waals surface area contributed by atoms with Gasteiger partial charge in [-0.1, -0.05) is 29.8 Å². The lowest BCUT2D eigenvalue weighted by molar-refractivity contribution is 0.275. The molecule has 1 N–H and O–H groups in total. The predicted octanol–water partition coefficient (Wildman–Crippen LogP) is 4.37. The van der Waals surface area contributed by atoms with Gasteiger partial charge in [-0.2, -0.15) is 0 Å². The minimum atomic E-state index is 0.0929. The van der Waals surface area contributed by atoms with Crippen LogP contribution in [0, 0.1) is 20.8 Å². The fourth-order valence-corrected chi connectivity index (χ4v) is 3.55. The average Bonchev–Trinajstić information content (AvgIpc) is 2.95. The summed E-state index contributed by atoms with van der Waals surface area (Å²) in [6.07, 6.45) is 0. The highest BCUT2D eigenvalue weighted by Crippen LogP contribution is 2.23. The predicted molar refractivity (Wildman–Crippen MR) is 101 cm³/mol. The van der Waals surface area contributed by atoms with E-state index in [1.807, 2.05) is 12.1 Å². The highest BCUT2D eigenvalue weighted by molar-refractivity contribution is 7.07. The van der Waals surface area contributed by atoms with Gasteiger partial charge in [-0.15, -0.1) is 11.3 Å². The molecular weight excluding hydrogens is 316 g/mol. The normalized spacial score (nSPS) is 11.9. The van der Waals surface area contributed by atoms with E-state index < -0.39 is 0 Å². The van der Waals surface area contributed by atoms with E-state index in [9.17, 15) is 5.11 Å². The van der Waals surface area contributed by atoms with Crippen molar-refractivity contribution in [3.63, 3.8) is 0 Å². The van der Waals surface area contributed by atoms with E-state index in [1.54, 1.807) is 11.3 Å². The topological polar surface area (TPSA) is 37.5 Å². The molecule has 0 radical (unpaired) electrons. The Morgan fingerprint density at radius 2 is 1.75 bits per heavy atom. The number of aryl methyl sites for hydroxylation is 3. The van der Waals surface area contributed by atoms with Crippen molar-refractivity contribution < 1.29 is 5.11 Å². The minimum absolute atomic E-state index is 0.0929. The Hall–Kier alpha value is -2.17. The van der Waals surface area contributed by atoms with E-state index in [0.717, 1.165) is 21.7 Å². The minimum Gasteiger partial charge on any atom is -0.395 e. The molecule has 0 aliphatic rings. The van der Waals surface area contributed by atoms with Gasteiger partial charge in [0.15, 0.2) is 4.80 Å². The summed E-state index contributed by atoms with van der Waals surface area (Å²) < 4.78 is 2.09. The van der Waals surface area contributed by atoms with Crippen molar-refractivity contribution in [2.24, 2.45) is 4.99 Å². The summed E-state index contributed by atoms with van der Waals surface area (Å²) in [5.41, 5.74) is 6.97. The van der Waals surface area contributed by atoms with Crippen LogP contribution in [0.25, 0.3) is 11.3 Å². The van der Waals surface area contributed by atoms with Crippen molar-refractivity contribution in [1.82, 2.24) is 4.57 Å². The van der Waals surface area contributed by atoms with Gasteiger partial charge in [-0.25, -0.2) is 4.99 Å². The SMILES string of the molecule is Cc1ccc(N=c2scc(-c3ccc(C)c(C)c3)n2CCO)cc1. The average molecular weight is 338 g/mol. The second kappa shape index (κ2) is 7.16. The number of hydrogen-bond donors (Lipinski definition) is 1. The molecule has 3 aromatic rings. The van der Waals surface area contributed by atoms with Gasteiger partial charge in [0.1, 0.15) is 0 Å². The van der Waals surface area contributed by atoms with Crippen LogP contribution >= 0.6 is 11.3 Å². The fraction of sp³-hybridized carbons (Fsp3) is 0.250. The molecular formula is C20H22N2OS. The fourth-order valence-electron chi connectivity index (χ4n) is 2.60. The van der Waals surface area contributed by atoms with Crippen LogP contribution in [0.4, 0.5) is 5.69 Å². The van der Waals surface area contributed by atoms with Crippen molar-refractivity contribution in [2.45, 2.75) is 27.3 Å². The third kappa shape index (κ3) is 3.50. The molecule has 0 fully saturated rings. The van der Waals surface area contributed by atoms with Crippen molar-refractivity contribution in [3.05, 3.63) is 69.3 Å². The van der Waals surface area contributed by atoms with Crippen LogP contribution in [0.2, 0.25) is 0 Å². The Bertz CT molecular complexity index is 904. The molecule has 1 heterocycles. The van der Waals surface area contributed by atoms with Gasteiger partial charge < -0.3 is 9.67 Å². The van der Waals surface area contributed by atoms with E-state index in [4.69, 9.17) is 4.99 Å². The second-order valence-electron chi connectivity index (χ2n) is 6.03. The maximum absolute atomic E-state index is 9.48. The largest absolute Gasteiger partial charge is 0.395 e. The monoisotopic (exact) mass is 338 g/mol. The molecule has 0 bridgehead atoms. The molecule has 0 aliphatic heterocycles. The zero-order chi connectivity index (χ0) is 17.1. The summed E-state index contributed by atoms with van der Waals surface area (Å²) in [4.78, 5) is 5.66. The number of rotatable bonds is 4. The molecule has 24 heavy (non-hydrogen) atoms. The molecule has 3 rings (SSSR count). The molecule has 0 spiro atoms. The number of aromatic nitrogens is 1. The van der Waals surface area contributed by atoms with Crippen LogP contribution in [-0.4, -0.2) is 16.3 Å². The smallest absolute Gasteiger partial charge is 0.190 e. The summed E-state index contributed by atoms with van der Waals surface area (Å²) in [6.45, 7) is 6.94. The second-order valence-corrected chi connectivity index (χ2v) is 6.86. The zero-order valence-corrected chi connectivity index (χ0v) is 15.1. The van der Waals surface area contributed by atoms with Crippen LogP contribution in [0.3, 0.4) is 0 Å². The Kier molecular flexibility index (Phi) is 4.97. The highest BCUT2D eigenvalue weighted by atomic mass is 32.1. The van der Waals surface area contributed by atoms with Gasteiger partial charge in [0.2, 0.25) is 0 Å². The Morgan fingerprint density at radius 1 is 1.00 bits per heavy atom. The van der Waals surface area contributed by atoms with Crippen molar-refractivity contribution in [3.8, 4) is 11.3 Å². The Balaban J connectivity index is 2.10. The van der Waals surface area contributed by atoms with Crippen molar-refractivity contribution >= 4 is 17.0 Å². The van der Waals surface area contributed by atoms with Gasteiger partial charge in [-0.3, -0.25) is 0 Å². The first-order valence-electron chi connectivity index (χ1n) is 8.06. The van der Waals surface area contributed by atoms with E-state index in [1.165, 1.54) is 16.7 Å². The third-order valence-corrected chi connectivity index (χ3v) is 5.05. The molecule has 0 aliphatic carbocycles. The van der Waals surface area contributed by atoms with Gasteiger partial charge in [0.05, 0.1) is 18.0 Å². The zero-order valence-electron chi connectivity index (χ0n) is 14.3. The molecule has 124 valence electrons. The number of nitrogens with zero attached hydrogens (tertiary/aromatic N) is 2. The molecule has 0 unspecified atom stereocenters. The van der Waals surface area contributed by atoms with E-state index in [-0.39, 0.29) is 6.61 Å². The summed E-state index contributed by atoms with van der Waals surface area (Å²) in [7, 11) is 0. The molecule has 0 amide bonds. The first-order chi connectivity index (χ1) is 11.6. The standard InChI is InChI=1S/C20H22N2OS/c1-14-4-8-18(9-5-14)21-20-22(10-11-23)19(13-24-20)17-7-6-15(2)16(3)12-17/h4-9,12-13,23H,10-11H2,1-3H3. The molecule has 4 heteroatoms. The number of aliphatic hydroxyl groups is 1. The van der Waals surface area contributed by atoms with Crippen LogP contribution in [0.5, 0.6) is 0 Å². The molecule has 0 saturated carbocycles. The maximum Gasteiger partial charge on any atom is 0.190 e. The molecule has 3 nitrogen and oxygen atoms in total. The van der Waals surface area contributed by atoms with Crippen LogP contribution < -0.4 is 4.80 Å². The summed E-state index contributed by atoms with van der Waals surface area (Å²) in [6, 6.07) is 14.6. The summed E-state index contributed by atoms with van der Waals surface area (Å²) >= 11 is 1.61. The Labute approximate surface area is 146 Å². The lowest BCUT2D eigenvalue weighted by Gasteiger charge is -2.09. The summed E-state index contributed by atoms with van der Waals surface area (Å²) in [5, 5.41) is 11.6. The first kappa shape index (κ1) is 16.7. The number of aliphatic hydroxyl groups excluding tert-OH is 1. The Morgan fingerprint density at radius 3 is 2.42 bits per heavy atom. The van der Waals surface area contributed by atoms with Crippen LogP contribution in [0.1, 0.15) is 16.7 Å². The molecule has 0 saturated heterocycles. The summed E-state index contributed by atoms with van der Waals surface area (Å²) in [5.74, 6) is 0. The first-order valence-corrected chi connectivity index (χ1v) is 8.94. The van der Waals surface area contributed by atoms with Crippen LogP contribution in [0.15, 0.2) is 52.8 Å². The van der Waals surface area contributed by atoms with Gasteiger partial charge in [0.25, 0.3) is 0 Å². The van der Waals surface area contributed by atoms with Crippen molar-refractivity contribution in [2.75, 3.05) is 6.61 Å². The van der Waals surface area contributed by atoms with E-state index in [0.29, 0.717) is 6.54 Å². The lowest BCUT2D eigenvalue weighted by atomic mass is 10.0. The van der Waals surface area contributed by atoms with Gasteiger partial charge >= 0.3 is 0 Å². The third-order valence-electron chi connectivity index (χ3n) is 4.18. The van der Waals surface area contributed by atoms with Gasteiger partial charge in [0, 0.05) is 11.9 Å². The molecule has 2 aromatic carbocycles. The number of hydrogen-bond acceptors (Lipinski definition) is 3. The maximum atomic E-state index is 9.48. The number of thiazole rings is 1. The van der Waals surface area contributed by atoms with Crippen molar-refractivity contribution in [1.29, 1.82) is 0 Å². The highest BCUT2D eigenvalue weighted by Gasteiger charge is 2.09. The van der Waals surface area contributed by atoms with Gasteiger partial charge in [-0.05, 0) is 55.7 Å². The van der Waals surface area contributed by atoms with E-state index in [2.05, 4.69) is 61.1 Å². The molecule has 1 aromatic heterocycles. The number of benzene rings is 2. The lowest BCUT2D eigenvalue weighted by Crippen LogP contribution is -2.17. The molecule has 0 atom stereocenters. The van der Waals surface area contributed by atoms with E-state index >= 15 is 0 Å². The quantitative estimate of drug-likeness (QED) is 0.754.